The van der Waals surface area contributed by atoms with Gasteiger partial charge in [0.15, 0.2) is 11.5 Å². The number of benzene rings is 1. The van der Waals surface area contributed by atoms with Crippen molar-refractivity contribution in [2.24, 2.45) is 0 Å². The van der Waals surface area contributed by atoms with E-state index in [0.29, 0.717) is 23.1 Å². The molecule has 1 aliphatic rings. The van der Waals surface area contributed by atoms with Crippen LogP contribution in [0.15, 0.2) is 18.2 Å². The van der Waals surface area contributed by atoms with Crippen molar-refractivity contribution in [2.45, 2.75) is 31.8 Å². The number of nitrogens with one attached hydrogen (secondary N) is 2. The van der Waals surface area contributed by atoms with E-state index in [2.05, 4.69) is 17.6 Å². The van der Waals surface area contributed by atoms with Gasteiger partial charge in [0.05, 0.1) is 14.2 Å². The molecule has 2 N–H and O–H groups in total. The molecule has 1 saturated heterocycles. The van der Waals surface area contributed by atoms with Gasteiger partial charge < -0.3 is 20.1 Å². The number of amides is 1. The Labute approximate surface area is 131 Å². The first-order valence-corrected chi connectivity index (χ1v) is 6.92. The SMILES string of the molecule is COc1ccc(C(=O)NC2CCCNC2C)cc1OC.Cl. The van der Waals surface area contributed by atoms with Crippen molar-refractivity contribution in [3.05, 3.63) is 23.8 Å². The number of hydrogen-bond acceptors (Lipinski definition) is 4. The van der Waals surface area contributed by atoms with Crippen molar-refractivity contribution in [3.8, 4) is 11.5 Å². The smallest absolute Gasteiger partial charge is 0.251 e. The molecule has 1 fully saturated rings. The topological polar surface area (TPSA) is 59.6 Å². The summed E-state index contributed by atoms with van der Waals surface area (Å²) in [5, 5.41) is 6.45. The highest BCUT2D eigenvalue weighted by molar-refractivity contribution is 5.95. The summed E-state index contributed by atoms with van der Waals surface area (Å²) in [5.41, 5.74) is 0.584. The summed E-state index contributed by atoms with van der Waals surface area (Å²) < 4.78 is 10.4. The van der Waals surface area contributed by atoms with E-state index in [1.807, 2.05) is 0 Å². The zero-order valence-corrected chi connectivity index (χ0v) is 13.5. The number of methoxy groups -OCH3 is 2. The molecule has 2 unspecified atom stereocenters. The summed E-state index contributed by atoms with van der Waals surface area (Å²) in [6.45, 7) is 3.11. The van der Waals surface area contributed by atoms with Gasteiger partial charge in [-0.1, -0.05) is 0 Å². The summed E-state index contributed by atoms with van der Waals surface area (Å²) in [6.07, 6.45) is 2.09. The highest BCUT2D eigenvalue weighted by Crippen LogP contribution is 2.27. The summed E-state index contributed by atoms with van der Waals surface area (Å²) >= 11 is 0. The molecule has 0 spiro atoms. The van der Waals surface area contributed by atoms with Crippen LogP contribution in [0, 0.1) is 0 Å². The van der Waals surface area contributed by atoms with E-state index in [9.17, 15) is 4.79 Å². The molecule has 5 nitrogen and oxygen atoms in total. The first-order valence-electron chi connectivity index (χ1n) is 6.92. The Morgan fingerprint density at radius 2 is 2.00 bits per heavy atom. The number of hydrogen-bond donors (Lipinski definition) is 2. The molecule has 1 aromatic rings. The second-order valence-corrected chi connectivity index (χ2v) is 5.03. The number of carbonyl (C=O) groups is 1. The Bertz CT molecular complexity index is 482. The van der Waals surface area contributed by atoms with E-state index >= 15 is 0 Å². The Balaban J connectivity index is 0.00000220. The number of halogens is 1. The lowest BCUT2D eigenvalue weighted by Crippen LogP contribution is -2.51. The molecule has 1 aromatic carbocycles. The van der Waals surface area contributed by atoms with Crippen LogP contribution in [0.5, 0.6) is 11.5 Å². The Hall–Kier alpha value is -1.46. The molecule has 2 atom stereocenters. The monoisotopic (exact) mass is 314 g/mol. The van der Waals surface area contributed by atoms with E-state index in [-0.39, 0.29) is 24.4 Å². The second-order valence-electron chi connectivity index (χ2n) is 5.03. The number of rotatable bonds is 4. The molecule has 118 valence electrons. The number of ether oxygens (including phenoxy) is 2. The maximum atomic E-state index is 12.3. The molecule has 0 aliphatic carbocycles. The van der Waals surface area contributed by atoms with Crippen LogP contribution in [0.3, 0.4) is 0 Å². The van der Waals surface area contributed by atoms with Crippen LogP contribution in [0.25, 0.3) is 0 Å². The lowest BCUT2D eigenvalue weighted by Gasteiger charge is -2.30. The third kappa shape index (κ3) is 4.25. The van der Waals surface area contributed by atoms with Gasteiger partial charge in [0.1, 0.15) is 0 Å². The van der Waals surface area contributed by atoms with Crippen molar-refractivity contribution >= 4 is 18.3 Å². The van der Waals surface area contributed by atoms with Crippen molar-refractivity contribution < 1.29 is 14.3 Å². The number of carbonyl (C=O) groups excluding carboxylic acids is 1. The van der Waals surface area contributed by atoms with Crippen LogP contribution in [0.1, 0.15) is 30.1 Å². The van der Waals surface area contributed by atoms with Crippen molar-refractivity contribution in [3.63, 3.8) is 0 Å². The molecular formula is C15H23ClN2O3. The predicted molar refractivity (Wildman–Crippen MR) is 84.7 cm³/mol. The van der Waals surface area contributed by atoms with Crippen LogP contribution >= 0.6 is 12.4 Å². The highest BCUT2D eigenvalue weighted by atomic mass is 35.5. The minimum absolute atomic E-state index is 0. The van der Waals surface area contributed by atoms with E-state index in [4.69, 9.17) is 9.47 Å². The maximum Gasteiger partial charge on any atom is 0.251 e. The minimum atomic E-state index is -0.0773. The van der Waals surface area contributed by atoms with Crippen LogP contribution in [0.2, 0.25) is 0 Å². The summed E-state index contributed by atoms with van der Waals surface area (Å²) in [5.74, 6) is 1.11. The molecule has 1 amide bonds. The van der Waals surface area contributed by atoms with Gasteiger partial charge in [-0.15, -0.1) is 12.4 Å². The quantitative estimate of drug-likeness (QED) is 0.892. The van der Waals surface area contributed by atoms with Gasteiger partial charge >= 0.3 is 0 Å². The summed E-state index contributed by atoms with van der Waals surface area (Å²) in [4.78, 5) is 12.3. The molecule has 1 aliphatic heterocycles. The van der Waals surface area contributed by atoms with E-state index in [1.54, 1.807) is 32.4 Å². The third-order valence-corrected chi connectivity index (χ3v) is 3.72. The average molecular weight is 315 g/mol. The predicted octanol–water partition coefficient (Wildman–Crippen LogP) is 2.00. The standard InChI is InChI=1S/C15H22N2O3.ClH/c1-10-12(5-4-8-16-10)17-15(18)11-6-7-13(19-2)14(9-11)20-3;/h6-7,9-10,12,16H,4-5,8H2,1-3H3,(H,17,18);1H. The van der Waals surface area contributed by atoms with Crippen molar-refractivity contribution in [1.29, 1.82) is 0 Å². The van der Waals surface area contributed by atoms with Crippen LogP contribution in [0.4, 0.5) is 0 Å². The highest BCUT2D eigenvalue weighted by Gasteiger charge is 2.23. The fourth-order valence-electron chi connectivity index (χ4n) is 2.47. The minimum Gasteiger partial charge on any atom is -0.493 e. The normalized spacial score (nSPS) is 21.1. The molecule has 0 saturated carbocycles. The Kier molecular flexibility index (Phi) is 6.78. The van der Waals surface area contributed by atoms with Crippen LogP contribution in [-0.2, 0) is 0 Å². The third-order valence-electron chi connectivity index (χ3n) is 3.72. The maximum absolute atomic E-state index is 12.3. The molecule has 21 heavy (non-hydrogen) atoms. The van der Waals surface area contributed by atoms with Crippen molar-refractivity contribution in [2.75, 3.05) is 20.8 Å². The van der Waals surface area contributed by atoms with Gasteiger partial charge in [-0.2, -0.15) is 0 Å². The zero-order chi connectivity index (χ0) is 14.5. The summed E-state index contributed by atoms with van der Waals surface area (Å²) in [6, 6.07) is 5.67. The van der Waals surface area contributed by atoms with E-state index < -0.39 is 0 Å². The fourth-order valence-corrected chi connectivity index (χ4v) is 2.47. The Morgan fingerprint density at radius 1 is 1.29 bits per heavy atom. The lowest BCUT2D eigenvalue weighted by atomic mass is 9.99. The molecule has 0 radical (unpaired) electrons. The molecule has 0 bridgehead atoms. The second kappa shape index (κ2) is 8.10. The van der Waals surface area contributed by atoms with E-state index in [1.165, 1.54) is 0 Å². The van der Waals surface area contributed by atoms with Gasteiger partial charge in [0.25, 0.3) is 5.91 Å². The van der Waals surface area contributed by atoms with Crippen LogP contribution in [-0.4, -0.2) is 38.8 Å². The zero-order valence-electron chi connectivity index (χ0n) is 12.6. The Morgan fingerprint density at radius 3 is 2.62 bits per heavy atom. The molecule has 0 aromatic heterocycles. The van der Waals surface area contributed by atoms with E-state index in [0.717, 1.165) is 19.4 Å². The first kappa shape index (κ1) is 17.6. The van der Waals surface area contributed by atoms with Gasteiger partial charge in [0, 0.05) is 17.6 Å². The first-order chi connectivity index (χ1) is 9.65. The fraction of sp³-hybridized carbons (Fsp3) is 0.533. The van der Waals surface area contributed by atoms with Gasteiger partial charge in [-0.25, -0.2) is 0 Å². The van der Waals surface area contributed by atoms with Crippen LogP contribution < -0.4 is 20.1 Å². The molecule has 2 rings (SSSR count). The van der Waals surface area contributed by atoms with Gasteiger partial charge in [-0.3, -0.25) is 4.79 Å². The lowest BCUT2D eigenvalue weighted by molar-refractivity contribution is 0.0919. The van der Waals surface area contributed by atoms with Gasteiger partial charge in [0.2, 0.25) is 0 Å². The van der Waals surface area contributed by atoms with Crippen molar-refractivity contribution in [1.82, 2.24) is 10.6 Å². The summed E-state index contributed by atoms with van der Waals surface area (Å²) in [7, 11) is 3.14. The van der Waals surface area contributed by atoms with Gasteiger partial charge in [-0.05, 0) is 44.5 Å². The molecule has 6 heteroatoms. The average Bonchev–Trinajstić information content (AvgIpc) is 2.48. The number of piperidine rings is 1. The largest absolute Gasteiger partial charge is 0.493 e. The molecular weight excluding hydrogens is 292 g/mol. The molecule has 1 heterocycles.